The number of ether oxygens (including phenoxy) is 2. The Kier molecular flexibility index (Phi) is 6.64. The van der Waals surface area contributed by atoms with Gasteiger partial charge in [0.05, 0.1) is 17.7 Å². The summed E-state index contributed by atoms with van der Waals surface area (Å²) in [6, 6.07) is 0. The van der Waals surface area contributed by atoms with E-state index in [0.717, 1.165) is 0 Å². The Labute approximate surface area is 210 Å². The summed E-state index contributed by atoms with van der Waals surface area (Å²) in [7, 11) is 0. The number of ketones is 2. The Balaban J connectivity index is 1.80. The number of hydrogen-bond acceptors (Lipinski definition) is 7. The maximum Gasteiger partial charge on any atom is 0.374 e. The summed E-state index contributed by atoms with van der Waals surface area (Å²) in [5.41, 5.74) is -0.982. The van der Waals surface area contributed by atoms with Gasteiger partial charge in [-0.2, -0.15) is 0 Å². The Morgan fingerprint density at radius 1 is 1.26 bits per heavy atom. The topological polar surface area (TPSA) is 107 Å². The lowest BCUT2D eigenvalue weighted by Crippen LogP contribution is -2.56. The number of carbonyl (C=O) groups is 4. The lowest BCUT2D eigenvalue weighted by Gasteiger charge is -2.57. The molecule has 0 unspecified atom stereocenters. The van der Waals surface area contributed by atoms with E-state index >= 15 is 0 Å². The molecular formula is C27H33ClO7. The van der Waals surface area contributed by atoms with Crippen LogP contribution < -0.4 is 0 Å². The number of aliphatic hydroxyl groups excluding tert-OH is 1. The fourth-order valence-electron chi connectivity index (χ4n) is 7.50. The van der Waals surface area contributed by atoms with E-state index in [1.165, 1.54) is 13.0 Å². The van der Waals surface area contributed by atoms with Gasteiger partial charge in [0.2, 0.25) is 5.78 Å². The molecule has 0 aromatic carbocycles. The molecule has 4 aliphatic rings. The molecule has 0 aromatic heterocycles. The number of allylic oxidation sites excluding steroid dienone is 5. The normalized spacial score (nSPS) is 39.9. The zero-order valence-electron chi connectivity index (χ0n) is 20.8. The third kappa shape index (κ3) is 4.01. The van der Waals surface area contributed by atoms with E-state index in [0.29, 0.717) is 24.8 Å². The van der Waals surface area contributed by atoms with Gasteiger partial charge in [0, 0.05) is 29.7 Å². The first-order chi connectivity index (χ1) is 16.3. The van der Waals surface area contributed by atoms with E-state index in [1.54, 1.807) is 6.08 Å². The van der Waals surface area contributed by atoms with Crippen molar-refractivity contribution < 1.29 is 33.8 Å². The van der Waals surface area contributed by atoms with E-state index in [4.69, 9.17) is 21.1 Å². The van der Waals surface area contributed by atoms with Gasteiger partial charge in [0.1, 0.15) is 5.76 Å². The van der Waals surface area contributed by atoms with E-state index in [2.05, 4.69) is 0 Å². The largest absolute Gasteiger partial charge is 0.460 e. The fraction of sp³-hybridized carbons (Fsp3) is 0.630. The van der Waals surface area contributed by atoms with Crippen LogP contribution in [-0.4, -0.2) is 41.3 Å². The molecule has 4 rings (SSSR count). The van der Waals surface area contributed by atoms with Crippen LogP contribution in [0.15, 0.2) is 34.6 Å². The molecule has 8 heteroatoms. The molecule has 0 amide bonds. The average Bonchev–Trinajstić information content (AvgIpc) is 3.02. The van der Waals surface area contributed by atoms with Crippen LogP contribution >= 0.6 is 11.6 Å². The van der Waals surface area contributed by atoms with Crippen molar-refractivity contribution in [2.24, 2.45) is 40.4 Å². The summed E-state index contributed by atoms with van der Waals surface area (Å²) in [5, 5.41) is 11.6. The summed E-state index contributed by atoms with van der Waals surface area (Å²) < 4.78 is 10.7. The van der Waals surface area contributed by atoms with Crippen molar-refractivity contribution in [3.63, 3.8) is 0 Å². The van der Waals surface area contributed by atoms with E-state index in [-0.39, 0.29) is 46.9 Å². The predicted molar refractivity (Wildman–Crippen MR) is 128 cm³/mol. The monoisotopic (exact) mass is 504 g/mol. The molecule has 0 bridgehead atoms. The van der Waals surface area contributed by atoms with Gasteiger partial charge in [0.15, 0.2) is 5.78 Å². The molecule has 4 aliphatic carbocycles. The third-order valence-electron chi connectivity index (χ3n) is 8.69. The Morgan fingerprint density at radius 2 is 1.94 bits per heavy atom. The van der Waals surface area contributed by atoms with E-state index in [1.807, 2.05) is 33.8 Å². The second-order valence-corrected chi connectivity index (χ2v) is 11.4. The van der Waals surface area contributed by atoms with Crippen LogP contribution in [0.2, 0.25) is 0 Å². The summed E-state index contributed by atoms with van der Waals surface area (Å²) in [6.07, 6.45) is 5.65. The molecule has 0 aromatic rings. The molecule has 35 heavy (non-hydrogen) atoms. The minimum absolute atomic E-state index is 0.0612. The van der Waals surface area contributed by atoms with Crippen LogP contribution in [0.5, 0.6) is 0 Å². The van der Waals surface area contributed by atoms with Crippen LogP contribution in [0, 0.1) is 40.4 Å². The van der Waals surface area contributed by atoms with Crippen molar-refractivity contribution in [2.45, 2.75) is 60.0 Å². The van der Waals surface area contributed by atoms with Gasteiger partial charge >= 0.3 is 11.9 Å². The van der Waals surface area contributed by atoms with Crippen LogP contribution in [0.1, 0.15) is 53.9 Å². The third-order valence-corrected chi connectivity index (χ3v) is 8.98. The van der Waals surface area contributed by atoms with Gasteiger partial charge in [-0.25, -0.2) is 4.79 Å². The molecule has 2 saturated carbocycles. The molecule has 0 aliphatic heterocycles. The molecule has 0 saturated heterocycles. The Hall–Kier alpha value is -2.25. The van der Waals surface area contributed by atoms with Gasteiger partial charge in [-0.15, -0.1) is 0 Å². The van der Waals surface area contributed by atoms with Gasteiger partial charge in [0.25, 0.3) is 0 Å². The zero-order valence-corrected chi connectivity index (χ0v) is 21.6. The van der Waals surface area contributed by atoms with Crippen LogP contribution in [0.4, 0.5) is 0 Å². The number of hydrogen-bond donors (Lipinski definition) is 1. The number of rotatable bonds is 5. The first-order valence-corrected chi connectivity index (χ1v) is 12.7. The van der Waals surface area contributed by atoms with Crippen molar-refractivity contribution in [3.8, 4) is 0 Å². The SMILES string of the molecule is CCCOC(=O)C(=O)[C@H]1[C@H](C)C[C@H]2[C@@H]3C=C(OC(C)=O)C4=CC(=O)C(Cl)=C[C@]4(C)[C@H]3[C@@H](O)C[C@@]21C. The minimum Gasteiger partial charge on any atom is -0.460 e. The molecule has 0 spiro atoms. The fourth-order valence-corrected chi connectivity index (χ4v) is 7.79. The highest BCUT2D eigenvalue weighted by molar-refractivity contribution is 6.44. The minimum atomic E-state index is -0.846. The zero-order chi connectivity index (χ0) is 25.9. The second kappa shape index (κ2) is 9.00. The first-order valence-electron chi connectivity index (χ1n) is 12.3. The van der Waals surface area contributed by atoms with Crippen LogP contribution in [0.25, 0.3) is 0 Å². The Bertz CT molecular complexity index is 1070. The quantitative estimate of drug-likeness (QED) is 0.447. The van der Waals surface area contributed by atoms with Crippen molar-refractivity contribution >= 4 is 35.1 Å². The van der Waals surface area contributed by atoms with Crippen molar-refractivity contribution in [1.29, 1.82) is 0 Å². The molecule has 190 valence electrons. The molecular weight excluding hydrogens is 472 g/mol. The molecule has 7 nitrogen and oxygen atoms in total. The van der Waals surface area contributed by atoms with Crippen LogP contribution in [0.3, 0.4) is 0 Å². The van der Waals surface area contributed by atoms with Crippen LogP contribution in [-0.2, 0) is 28.7 Å². The number of fused-ring (bicyclic) bond motifs is 5. The van der Waals surface area contributed by atoms with Gasteiger partial charge < -0.3 is 14.6 Å². The van der Waals surface area contributed by atoms with Gasteiger partial charge in [-0.05, 0) is 54.6 Å². The average molecular weight is 505 g/mol. The van der Waals surface area contributed by atoms with Gasteiger partial charge in [-0.3, -0.25) is 14.4 Å². The second-order valence-electron chi connectivity index (χ2n) is 11.0. The molecule has 2 fully saturated rings. The smallest absolute Gasteiger partial charge is 0.374 e. The van der Waals surface area contributed by atoms with Gasteiger partial charge in [-0.1, -0.05) is 45.4 Å². The van der Waals surface area contributed by atoms with Crippen molar-refractivity contribution in [3.05, 3.63) is 34.6 Å². The summed E-state index contributed by atoms with van der Waals surface area (Å²) in [4.78, 5) is 50.1. The lowest BCUT2D eigenvalue weighted by molar-refractivity contribution is -0.160. The molecule has 8 atom stereocenters. The summed E-state index contributed by atoms with van der Waals surface area (Å²) in [5.74, 6) is -3.33. The molecule has 0 heterocycles. The highest BCUT2D eigenvalue weighted by Crippen LogP contribution is 2.67. The number of carbonyl (C=O) groups excluding carboxylic acids is 4. The Morgan fingerprint density at radius 3 is 2.57 bits per heavy atom. The maximum absolute atomic E-state index is 13.3. The predicted octanol–water partition coefficient (Wildman–Crippen LogP) is 3.88. The number of halogens is 1. The van der Waals surface area contributed by atoms with Crippen molar-refractivity contribution in [2.75, 3.05) is 6.61 Å². The maximum atomic E-state index is 13.3. The summed E-state index contributed by atoms with van der Waals surface area (Å²) in [6.45, 7) is 9.18. The first kappa shape index (κ1) is 25.8. The lowest BCUT2D eigenvalue weighted by atomic mass is 9.48. The summed E-state index contributed by atoms with van der Waals surface area (Å²) >= 11 is 6.27. The standard InChI is InChI=1S/C27H33ClO7/c1-6-7-34-25(33)24(32)22-13(2)8-16-15-9-21(35-14(3)29)17-10-19(30)18(28)11-26(17,4)23(15)20(31)12-27(16,22)5/h9-11,13,15-16,20,22-23,31H,6-8,12H2,1-5H3/t13-,15+,16+,20+,22-,23-,26+,27+/m1/s1. The van der Waals surface area contributed by atoms with Crippen molar-refractivity contribution in [1.82, 2.24) is 0 Å². The number of aliphatic hydroxyl groups is 1. The van der Waals surface area contributed by atoms with E-state index in [9.17, 15) is 24.3 Å². The van der Waals surface area contributed by atoms with E-state index < -0.39 is 40.6 Å². The molecule has 1 N–H and O–H groups in total. The highest BCUT2D eigenvalue weighted by Gasteiger charge is 2.65. The highest BCUT2D eigenvalue weighted by atomic mass is 35.5. The number of Topliss-reactive ketones (excluding diaryl/α,β-unsaturated/α-hetero) is 1. The molecule has 0 radical (unpaired) electrons. The number of esters is 2.